The van der Waals surface area contributed by atoms with E-state index in [1.54, 1.807) is 6.20 Å². The largest absolute Gasteiger partial charge is 0.478 e. The van der Waals surface area contributed by atoms with E-state index in [-0.39, 0.29) is 5.91 Å². The van der Waals surface area contributed by atoms with Gasteiger partial charge in [-0.2, -0.15) is 0 Å². The summed E-state index contributed by atoms with van der Waals surface area (Å²) in [6, 6.07) is 0. The highest BCUT2D eigenvalue weighted by atomic mass is 32.1. The van der Waals surface area contributed by atoms with Crippen molar-refractivity contribution in [1.29, 1.82) is 0 Å². The zero-order chi connectivity index (χ0) is 14.8. The highest BCUT2D eigenvalue weighted by molar-refractivity contribution is 7.16. The molecule has 0 aliphatic rings. The average Bonchev–Trinajstić information content (AvgIpc) is 2.83. The lowest BCUT2D eigenvalue weighted by molar-refractivity contribution is -0.131. The molecule has 20 heavy (non-hydrogen) atoms. The van der Waals surface area contributed by atoms with E-state index in [4.69, 9.17) is 5.11 Å². The first-order valence-corrected chi connectivity index (χ1v) is 7.60. The van der Waals surface area contributed by atoms with Crippen molar-refractivity contribution in [3.63, 3.8) is 0 Å². The molecule has 5 nitrogen and oxygen atoms in total. The van der Waals surface area contributed by atoms with Gasteiger partial charge in [-0.05, 0) is 12.5 Å². The Morgan fingerprint density at radius 2 is 2.10 bits per heavy atom. The SMILES string of the molecule is CCCCCCCC(=O)Nc1ncc(C=CC(=O)O)s1. The number of hydrogen-bond donors (Lipinski definition) is 2. The average molecular weight is 296 g/mol. The first-order valence-electron chi connectivity index (χ1n) is 6.78. The van der Waals surface area contributed by atoms with Crippen molar-refractivity contribution in [2.24, 2.45) is 0 Å². The summed E-state index contributed by atoms with van der Waals surface area (Å²) in [7, 11) is 0. The summed E-state index contributed by atoms with van der Waals surface area (Å²) in [5.74, 6) is -1.04. The molecule has 1 amide bonds. The molecule has 0 aliphatic carbocycles. The van der Waals surface area contributed by atoms with Crippen molar-refractivity contribution in [2.45, 2.75) is 45.4 Å². The molecular weight excluding hydrogens is 276 g/mol. The maximum Gasteiger partial charge on any atom is 0.328 e. The molecule has 0 unspecified atom stereocenters. The maximum absolute atomic E-state index is 11.7. The molecule has 0 fully saturated rings. The number of carbonyl (C=O) groups excluding carboxylic acids is 1. The standard InChI is InChI=1S/C14H20N2O3S/c1-2-3-4-5-6-7-12(17)16-14-15-10-11(20-14)8-9-13(18)19/h8-10H,2-7H2,1H3,(H,18,19)(H,15,16,17). The molecule has 2 N–H and O–H groups in total. The minimum Gasteiger partial charge on any atom is -0.478 e. The van der Waals surface area contributed by atoms with E-state index in [1.807, 2.05) is 0 Å². The number of thiazole rings is 1. The molecule has 0 atom stereocenters. The van der Waals surface area contributed by atoms with Gasteiger partial charge in [0.1, 0.15) is 0 Å². The first-order chi connectivity index (χ1) is 9.61. The number of nitrogens with zero attached hydrogens (tertiary/aromatic N) is 1. The molecule has 1 heterocycles. The predicted molar refractivity (Wildman–Crippen MR) is 80.8 cm³/mol. The predicted octanol–water partition coefficient (Wildman–Crippen LogP) is 3.54. The Kier molecular flexibility index (Phi) is 7.57. The van der Waals surface area contributed by atoms with Gasteiger partial charge in [-0.1, -0.05) is 43.9 Å². The summed E-state index contributed by atoms with van der Waals surface area (Å²) in [5.41, 5.74) is 0. The number of unbranched alkanes of at least 4 members (excludes halogenated alkanes) is 4. The van der Waals surface area contributed by atoms with Crippen LogP contribution in [0.15, 0.2) is 12.3 Å². The monoisotopic (exact) mass is 296 g/mol. The van der Waals surface area contributed by atoms with E-state index < -0.39 is 5.97 Å². The van der Waals surface area contributed by atoms with Crippen LogP contribution in [-0.4, -0.2) is 22.0 Å². The van der Waals surface area contributed by atoms with Crippen molar-refractivity contribution in [2.75, 3.05) is 5.32 Å². The Hall–Kier alpha value is -1.69. The third-order valence-corrected chi connectivity index (χ3v) is 3.55. The molecule has 0 radical (unpaired) electrons. The van der Waals surface area contributed by atoms with E-state index >= 15 is 0 Å². The number of aliphatic carboxylic acids is 1. The van der Waals surface area contributed by atoms with Crippen LogP contribution in [0.4, 0.5) is 5.13 Å². The molecule has 0 spiro atoms. The number of nitrogens with one attached hydrogen (secondary N) is 1. The Labute approximate surface area is 122 Å². The summed E-state index contributed by atoms with van der Waals surface area (Å²) < 4.78 is 0. The Morgan fingerprint density at radius 1 is 1.35 bits per heavy atom. The minimum atomic E-state index is -1.00. The highest BCUT2D eigenvalue weighted by Gasteiger charge is 2.05. The van der Waals surface area contributed by atoms with Gasteiger partial charge >= 0.3 is 5.97 Å². The summed E-state index contributed by atoms with van der Waals surface area (Å²) in [6.07, 6.45) is 10.1. The molecule has 1 aromatic heterocycles. The third-order valence-electron chi connectivity index (χ3n) is 2.67. The van der Waals surface area contributed by atoms with Gasteiger partial charge in [0.25, 0.3) is 0 Å². The van der Waals surface area contributed by atoms with Gasteiger partial charge in [0.05, 0.1) is 0 Å². The van der Waals surface area contributed by atoms with E-state index in [0.717, 1.165) is 18.9 Å². The third kappa shape index (κ3) is 7.04. The Bertz CT molecular complexity index is 469. The second-order valence-corrected chi connectivity index (χ2v) is 5.51. The van der Waals surface area contributed by atoms with Crippen LogP contribution >= 0.6 is 11.3 Å². The second kappa shape index (κ2) is 9.25. The van der Waals surface area contributed by atoms with Crippen LogP contribution in [0.1, 0.15) is 50.3 Å². The molecule has 0 bridgehead atoms. The summed E-state index contributed by atoms with van der Waals surface area (Å²) >= 11 is 1.26. The van der Waals surface area contributed by atoms with Gasteiger partial charge < -0.3 is 10.4 Å². The lowest BCUT2D eigenvalue weighted by Gasteiger charge is -2.01. The minimum absolute atomic E-state index is 0.0374. The quantitative estimate of drug-likeness (QED) is 0.539. The summed E-state index contributed by atoms with van der Waals surface area (Å²) in [5, 5.41) is 11.7. The van der Waals surface area contributed by atoms with Crippen LogP contribution in [-0.2, 0) is 9.59 Å². The molecule has 0 saturated heterocycles. The number of amides is 1. The highest BCUT2D eigenvalue weighted by Crippen LogP contribution is 2.19. The van der Waals surface area contributed by atoms with Crippen molar-refractivity contribution >= 4 is 34.4 Å². The number of aromatic nitrogens is 1. The van der Waals surface area contributed by atoms with Crippen LogP contribution in [0, 0.1) is 0 Å². The Balaban J connectivity index is 2.30. The zero-order valence-corrected chi connectivity index (χ0v) is 12.4. The van der Waals surface area contributed by atoms with E-state index in [1.165, 1.54) is 36.7 Å². The van der Waals surface area contributed by atoms with Gasteiger partial charge in [-0.15, -0.1) is 0 Å². The molecule has 0 saturated carbocycles. The van der Waals surface area contributed by atoms with Gasteiger partial charge in [-0.25, -0.2) is 9.78 Å². The van der Waals surface area contributed by atoms with Crippen molar-refractivity contribution in [3.05, 3.63) is 17.2 Å². The second-order valence-electron chi connectivity index (χ2n) is 4.45. The lowest BCUT2D eigenvalue weighted by atomic mass is 10.1. The fourth-order valence-electron chi connectivity index (χ4n) is 1.65. The van der Waals surface area contributed by atoms with E-state index in [2.05, 4.69) is 17.2 Å². The molecule has 6 heteroatoms. The van der Waals surface area contributed by atoms with Crippen LogP contribution in [0.2, 0.25) is 0 Å². The molecule has 110 valence electrons. The van der Waals surface area contributed by atoms with E-state index in [0.29, 0.717) is 16.4 Å². The maximum atomic E-state index is 11.7. The van der Waals surface area contributed by atoms with Gasteiger partial charge in [-0.3, -0.25) is 4.79 Å². The lowest BCUT2D eigenvalue weighted by Crippen LogP contribution is -2.10. The number of carboxylic acid groups (broad SMARTS) is 1. The molecule has 0 aromatic carbocycles. The van der Waals surface area contributed by atoms with Crippen molar-refractivity contribution < 1.29 is 14.7 Å². The number of anilines is 1. The molecule has 1 aromatic rings. The fraction of sp³-hybridized carbons (Fsp3) is 0.500. The molecule has 0 aliphatic heterocycles. The first kappa shape index (κ1) is 16.4. The normalized spacial score (nSPS) is 10.8. The van der Waals surface area contributed by atoms with Crippen LogP contribution in [0.25, 0.3) is 6.08 Å². The fourth-order valence-corrected chi connectivity index (χ4v) is 2.38. The van der Waals surface area contributed by atoms with E-state index in [9.17, 15) is 9.59 Å². The Morgan fingerprint density at radius 3 is 2.80 bits per heavy atom. The van der Waals surface area contributed by atoms with Gasteiger partial charge in [0.2, 0.25) is 5.91 Å². The van der Waals surface area contributed by atoms with Crippen molar-refractivity contribution in [1.82, 2.24) is 4.98 Å². The number of hydrogen-bond acceptors (Lipinski definition) is 4. The number of rotatable bonds is 9. The molecule has 1 rings (SSSR count). The van der Waals surface area contributed by atoms with Gasteiger partial charge in [0.15, 0.2) is 5.13 Å². The number of carbonyl (C=O) groups is 2. The summed E-state index contributed by atoms with van der Waals surface area (Å²) in [4.78, 5) is 26.8. The smallest absolute Gasteiger partial charge is 0.328 e. The van der Waals surface area contributed by atoms with Crippen molar-refractivity contribution in [3.8, 4) is 0 Å². The van der Waals surface area contributed by atoms with Crippen LogP contribution in [0.5, 0.6) is 0 Å². The van der Waals surface area contributed by atoms with Crippen LogP contribution < -0.4 is 5.32 Å². The number of carboxylic acids is 1. The topological polar surface area (TPSA) is 79.3 Å². The summed E-state index contributed by atoms with van der Waals surface area (Å²) in [6.45, 7) is 2.16. The zero-order valence-electron chi connectivity index (χ0n) is 11.6. The van der Waals surface area contributed by atoms with Gasteiger partial charge in [0, 0.05) is 23.6 Å². The van der Waals surface area contributed by atoms with Crippen LogP contribution in [0.3, 0.4) is 0 Å². The molecular formula is C14H20N2O3S.